The second kappa shape index (κ2) is 3.98. The summed E-state index contributed by atoms with van der Waals surface area (Å²) in [7, 11) is 0. The number of benzene rings is 1. The van der Waals surface area contributed by atoms with Gasteiger partial charge in [-0.1, -0.05) is 12.1 Å². The topological polar surface area (TPSA) is 55.1 Å². The van der Waals surface area contributed by atoms with Crippen molar-refractivity contribution in [3.05, 3.63) is 35.6 Å². The van der Waals surface area contributed by atoms with Gasteiger partial charge in [-0.05, 0) is 30.5 Å². The molecule has 2 rings (SSSR count). The monoisotopic (exact) mass is 208 g/mol. The van der Waals surface area contributed by atoms with Gasteiger partial charge in [-0.25, -0.2) is 4.39 Å². The highest BCUT2D eigenvalue weighted by Crippen LogP contribution is 2.26. The SMILES string of the molecule is NC(=O)C1CCC(c2ccc(F)cc2)N1. The van der Waals surface area contributed by atoms with Crippen LogP contribution < -0.4 is 11.1 Å². The van der Waals surface area contributed by atoms with E-state index in [-0.39, 0.29) is 23.8 Å². The minimum absolute atomic E-state index is 0.114. The van der Waals surface area contributed by atoms with E-state index in [1.807, 2.05) is 0 Å². The zero-order chi connectivity index (χ0) is 10.8. The van der Waals surface area contributed by atoms with E-state index in [1.165, 1.54) is 12.1 Å². The number of carbonyl (C=O) groups excluding carboxylic acids is 1. The molecular weight excluding hydrogens is 195 g/mol. The molecule has 3 N–H and O–H groups in total. The maximum Gasteiger partial charge on any atom is 0.234 e. The zero-order valence-electron chi connectivity index (χ0n) is 8.24. The van der Waals surface area contributed by atoms with Crippen molar-refractivity contribution in [2.24, 2.45) is 5.73 Å². The van der Waals surface area contributed by atoms with E-state index in [0.29, 0.717) is 0 Å². The van der Waals surface area contributed by atoms with Crippen molar-refractivity contribution in [3.8, 4) is 0 Å². The van der Waals surface area contributed by atoms with Crippen LogP contribution in [0, 0.1) is 5.82 Å². The van der Waals surface area contributed by atoms with Gasteiger partial charge in [-0.3, -0.25) is 10.1 Å². The van der Waals surface area contributed by atoms with Crippen LogP contribution in [0.15, 0.2) is 24.3 Å². The van der Waals surface area contributed by atoms with E-state index in [0.717, 1.165) is 18.4 Å². The standard InChI is InChI=1S/C11H13FN2O/c12-8-3-1-7(2-4-8)9-5-6-10(14-9)11(13)15/h1-4,9-10,14H,5-6H2,(H2,13,15). The Hall–Kier alpha value is -1.42. The summed E-state index contributed by atoms with van der Waals surface area (Å²) in [5.41, 5.74) is 6.20. The number of hydrogen-bond acceptors (Lipinski definition) is 2. The number of amides is 1. The van der Waals surface area contributed by atoms with Crippen molar-refractivity contribution >= 4 is 5.91 Å². The summed E-state index contributed by atoms with van der Waals surface area (Å²) in [5.74, 6) is -0.567. The molecule has 2 unspecified atom stereocenters. The first-order chi connectivity index (χ1) is 7.16. The lowest BCUT2D eigenvalue weighted by Crippen LogP contribution is -2.37. The van der Waals surface area contributed by atoms with Gasteiger partial charge in [-0.15, -0.1) is 0 Å². The number of halogens is 1. The van der Waals surface area contributed by atoms with E-state index in [2.05, 4.69) is 5.32 Å². The molecule has 0 saturated carbocycles. The largest absolute Gasteiger partial charge is 0.368 e. The van der Waals surface area contributed by atoms with Crippen LogP contribution in [0.1, 0.15) is 24.4 Å². The first-order valence-corrected chi connectivity index (χ1v) is 4.97. The van der Waals surface area contributed by atoms with Gasteiger partial charge in [0.25, 0.3) is 0 Å². The van der Waals surface area contributed by atoms with Crippen molar-refractivity contribution in [2.75, 3.05) is 0 Å². The van der Waals surface area contributed by atoms with E-state index in [4.69, 9.17) is 5.73 Å². The second-order valence-corrected chi connectivity index (χ2v) is 3.80. The molecular formula is C11H13FN2O. The summed E-state index contributed by atoms with van der Waals surface area (Å²) in [4.78, 5) is 10.9. The molecule has 1 aliphatic rings. The Labute approximate surface area is 87.5 Å². The Kier molecular flexibility index (Phi) is 2.68. The molecule has 2 atom stereocenters. The summed E-state index contributed by atoms with van der Waals surface area (Å²) in [6.45, 7) is 0. The second-order valence-electron chi connectivity index (χ2n) is 3.80. The Bertz CT molecular complexity index is 363. The van der Waals surface area contributed by atoms with E-state index in [9.17, 15) is 9.18 Å². The summed E-state index contributed by atoms with van der Waals surface area (Å²) in [6.07, 6.45) is 1.61. The first kappa shape index (κ1) is 10.1. The number of rotatable bonds is 2. The quantitative estimate of drug-likeness (QED) is 0.764. The predicted octanol–water partition coefficient (Wildman–Crippen LogP) is 1.10. The third-order valence-corrected chi connectivity index (χ3v) is 2.76. The Balaban J connectivity index is 2.07. The number of nitrogens with two attached hydrogens (primary N) is 1. The fourth-order valence-electron chi connectivity index (χ4n) is 1.93. The lowest BCUT2D eigenvalue weighted by atomic mass is 10.1. The first-order valence-electron chi connectivity index (χ1n) is 4.97. The lowest BCUT2D eigenvalue weighted by Gasteiger charge is -2.12. The number of carbonyl (C=O) groups is 1. The molecule has 1 aromatic rings. The fourth-order valence-corrected chi connectivity index (χ4v) is 1.93. The maximum atomic E-state index is 12.7. The molecule has 1 saturated heterocycles. The van der Waals surface area contributed by atoms with Crippen LogP contribution in [-0.2, 0) is 4.79 Å². The Morgan fingerprint density at radius 1 is 1.33 bits per heavy atom. The van der Waals surface area contributed by atoms with E-state index in [1.54, 1.807) is 12.1 Å². The van der Waals surface area contributed by atoms with Gasteiger partial charge in [0, 0.05) is 6.04 Å². The average Bonchev–Trinajstić information content (AvgIpc) is 2.68. The molecule has 15 heavy (non-hydrogen) atoms. The lowest BCUT2D eigenvalue weighted by molar-refractivity contribution is -0.119. The third kappa shape index (κ3) is 2.15. The van der Waals surface area contributed by atoms with Crippen molar-refractivity contribution in [2.45, 2.75) is 24.9 Å². The number of nitrogens with one attached hydrogen (secondary N) is 1. The van der Waals surface area contributed by atoms with Gasteiger partial charge >= 0.3 is 0 Å². The summed E-state index contributed by atoms with van der Waals surface area (Å²) in [5, 5.41) is 3.13. The highest BCUT2D eigenvalue weighted by molar-refractivity contribution is 5.80. The summed E-state index contributed by atoms with van der Waals surface area (Å²) in [6, 6.07) is 6.18. The Morgan fingerprint density at radius 2 is 2.00 bits per heavy atom. The van der Waals surface area contributed by atoms with Crippen molar-refractivity contribution < 1.29 is 9.18 Å². The molecule has 80 valence electrons. The molecule has 1 aromatic carbocycles. The molecule has 0 bridgehead atoms. The van der Waals surface area contributed by atoms with Crippen LogP contribution in [0.25, 0.3) is 0 Å². The smallest absolute Gasteiger partial charge is 0.234 e. The highest BCUT2D eigenvalue weighted by Gasteiger charge is 2.28. The Morgan fingerprint density at radius 3 is 2.53 bits per heavy atom. The average molecular weight is 208 g/mol. The zero-order valence-corrected chi connectivity index (χ0v) is 8.24. The van der Waals surface area contributed by atoms with Crippen LogP contribution in [0.5, 0.6) is 0 Å². The number of primary amides is 1. The van der Waals surface area contributed by atoms with Crippen molar-refractivity contribution in [1.82, 2.24) is 5.32 Å². The molecule has 4 heteroatoms. The van der Waals surface area contributed by atoms with Gasteiger partial charge in [0.2, 0.25) is 5.91 Å². The van der Waals surface area contributed by atoms with Crippen LogP contribution >= 0.6 is 0 Å². The number of hydrogen-bond donors (Lipinski definition) is 2. The van der Waals surface area contributed by atoms with Crippen molar-refractivity contribution in [1.29, 1.82) is 0 Å². The van der Waals surface area contributed by atoms with Crippen LogP contribution in [0.2, 0.25) is 0 Å². The van der Waals surface area contributed by atoms with Crippen LogP contribution in [0.3, 0.4) is 0 Å². The molecule has 0 aliphatic carbocycles. The molecule has 0 spiro atoms. The van der Waals surface area contributed by atoms with Crippen LogP contribution in [-0.4, -0.2) is 11.9 Å². The maximum absolute atomic E-state index is 12.7. The van der Waals surface area contributed by atoms with Gasteiger partial charge in [-0.2, -0.15) is 0 Å². The van der Waals surface area contributed by atoms with Gasteiger partial charge in [0.15, 0.2) is 0 Å². The molecule has 0 radical (unpaired) electrons. The molecule has 1 aliphatic heterocycles. The summed E-state index contributed by atoms with van der Waals surface area (Å²) < 4.78 is 12.7. The normalized spacial score (nSPS) is 25.4. The molecule has 3 nitrogen and oxygen atoms in total. The summed E-state index contributed by atoms with van der Waals surface area (Å²) >= 11 is 0. The predicted molar refractivity (Wildman–Crippen MR) is 54.5 cm³/mol. The van der Waals surface area contributed by atoms with Gasteiger partial charge < -0.3 is 5.73 Å². The molecule has 1 amide bonds. The van der Waals surface area contributed by atoms with Gasteiger partial charge in [0.05, 0.1) is 6.04 Å². The highest BCUT2D eigenvalue weighted by atomic mass is 19.1. The van der Waals surface area contributed by atoms with E-state index >= 15 is 0 Å². The minimum atomic E-state index is -0.320. The van der Waals surface area contributed by atoms with Gasteiger partial charge in [0.1, 0.15) is 5.82 Å². The van der Waals surface area contributed by atoms with Crippen LogP contribution in [0.4, 0.5) is 4.39 Å². The van der Waals surface area contributed by atoms with Crippen molar-refractivity contribution in [3.63, 3.8) is 0 Å². The molecule has 1 fully saturated rings. The third-order valence-electron chi connectivity index (χ3n) is 2.76. The minimum Gasteiger partial charge on any atom is -0.368 e. The fraction of sp³-hybridized carbons (Fsp3) is 0.364. The molecule has 1 heterocycles. The molecule has 0 aromatic heterocycles. The van der Waals surface area contributed by atoms with E-state index < -0.39 is 0 Å².